The van der Waals surface area contributed by atoms with Gasteiger partial charge in [0.05, 0.1) is 40.9 Å². The van der Waals surface area contributed by atoms with Crippen molar-refractivity contribution in [2.45, 2.75) is 12.8 Å². The highest BCUT2D eigenvalue weighted by Gasteiger charge is 2.21. The lowest BCUT2D eigenvalue weighted by atomic mass is 9.94. The van der Waals surface area contributed by atoms with Gasteiger partial charge in [0.15, 0.2) is 0 Å². The Hall–Kier alpha value is -4.48. The van der Waals surface area contributed by atoms with Gasteiger partial charge in [0.1, 0.15) is 0 Å². The van der Waals surface area contributed by atoms with Crippen LogP contribution >= 0.6 is 0 Å². The van der Waals surface area contributed by atoms with Gasteiger partial charge in [-0.05, 0) is 24.1 Å². The van der Waals surface area contributed by atoms with Gasteiger partial charge in [-0.1, -0.05) is 66.7 Å². The number of carbonyl (C=O) groups excluding carboxylic acids is 1. The fourth-order valence-corrected chi connectivity index (χ4v) is 3.84. The third-order valence-corrected chi connectivity index (χ3v) is 5.34. The van der Waals surface area contributed by atoms with Crippen LogP contribution in [0.4, 0.5) is 0 Å². The molecule has 0 aliphatic heterocycles. The number of hydrogen-bond donors (Lipinski definition) is 1. The number of para-hydroxylation sites is 1. The van der Waals surface area contributed by atoms with Crippen molar-refractivity contribution in [3.63, 3.8) is 0 Å². The summed E-state index contributed by atoms with van der Waals surface area (Å²) < 4.78 is 0. The van der Waals surface area contributed by atoms with E-state index in [1.807, 2.05) is 72.8 Å². The van der Waals surface area contributed by atoms with E-state index in [1.165, 1.54) is 0 Å². The minimum Gasteiger partial charge on any atom is -0.352 e. The minimum atomic E-state index is -0.250. The third-order valence-electron chi connectivity index (χ3n) is 5.34. The first kappa shape index (κ1) is 20.8. The number of nitriles is 2. The van der Waals surface area contributed by atoms with Crippen molar-refractivity contribution in [3.8, 4) is 23.4 Å². The average Bonchev–Trinajstić information content (AvgIpc) is 2.84. The summed E-state index contributed by atoms with van der Waals surface area (Å²) in [6, 6.07) is 28.8. The molecule has 0 spiro atoms. The molecular weight excluding hydrogens is 396 g/mol. The van der Waals surface area contributed by atoms with E-state index in [1.54, 1.807) is 6.07 Å². The van der Waals surface area contributed by atoms with Gasteiger partial charge in [-0.25, -0.2) is 4.98 Å². The van der Waals surface area contributed by atoms with Crippen molar-refractivity contribution in [1.29, 1.82) is 10.5 Å². The minimum absolute atomic E-state index is 0.0715. The number of carbonyl (C=O) groups is 1. The summed E-state index contributed by atoms with van der Waals surface area (Å²) in [4.78, 5) is 18.2. The van der Waals surface area contributed by atoms with E-state index in [2.05, 4.69) is 17.5 Å². The zero-order valence-electron chi connectivity index (χ0n) is 17.4. The lowest BCUT2D eigenvalue weighted by Crippen LogP contribution is -2.27. The van der Waals surface area contributed by atoms with Crippen LogP contribution in [-0.4, -0.2) is 17.4 Å². The topological polar surface area (TPSA) is 89.6 Å². The van der Waals surface area contributed by atoms with E-state index in [4.69, 9.17) is 4.98 Å². The van der Waals surface area contributed by atoms with Gasteiger partial charge in [-0.15, -0.1) is 0 Å². The predicted octanol–water partition coefficient (Wildman–Crippen LogP) is 4.81. The van der Waals surface area contributed by atoms with Crippen LogP contribution in [0.2, 0.25) is 0 Å². The number of rotatable bonds is 6. The Morgan fingerprint density at radius 3 is 2.41 bits per heavy atom. The molecule has 0 saturated carbocycles. The second kappa shape index (κ2) is 9.55. The summed E-state index contributed by atoms with van der Waals surface area (Å²) in [5.74, 6) is -0.250. The molecule has 5 nitrogen and oxygen atoms in total. The van der Waals surface area contributed by atoms with E-state index in [0.717, 1.165) is 11.1 Å². The highest BCUT2D eigenvalue weighted by atomic mass is 16.1. The van der Waals surface area contributed by atoms with Crippen molar-refractivity contribution in [3.05, 3.63) is 101 Å². The molecule has 154 valence electrons. The van der Waals surface area contributed by atoms with Gasteiger partial charge in [-0.3, -0.25) is 4.79 Å². The quantitative estimate of drug-likeness (QED) is 0.488. The molecule has 1 amide bonds. The summed E-state index contributed by atoms with van der Waals surface area (Å²) in [5, 5.41) is 22.5. The van der Waals surface area contributed by atoms with E-state index >= 15 is 0 Å². The Balaban J connectivity index is 1.73. The lowest BCUT2D eigenvalue weighted by molar-refractivity contribution is 0.0955. The number of pyridine rings is 1. The maximum Gasteiger partial charge on any atom is 0.252 e. The standard InChI is InChI=1S/C27H20N4O/c28-16-14-23-25(27(32)30-17-15-19-8-4-5-11-21(19)18-29)22-12-6-7-13-24(22)31-26(23)20-9-2-1-3-10-20/h1-13H,14-15,17H2,(H,30,32). The van der Waals surface area contributed by atoms with Gasteiger partial charge in [0.25, 0.3) is 5.91 Å². The normalized spacial score (nSPS) is 10.3. The Morgan fingerprint density at radius 2 is 1.62 bits per heavy atom. The molecule has 0 radical (unpaired) electrons. The Labute approximate surface area is 186 Å². The zero-order chi connectivity index (χ0) is 22.3. The van der Waals surface area contributed by atoms with Gasteiger partial charge in [-0.2, -0.15) is 10.5 Å². The molecular formula is C27H20N4O. The van der Waals surface area contributed by atoms with E-state index in [-0.39, 0.29) is 12.3 Å². The van der Waals surface area contributed by atoms with Gasteiger partial charge in [0.2, 0.25) is 0 Å². The highest BCUT2D eigenvalue weighted by molar-refractivity contribution is 6.09. The van der Waals surface area contributed by atoms with E-state index < -0.39 is 0 Å². The van der Waals surface area contributed by atoms with Crippen molar-refractivity contribution in [2.24, 2.45) is 0 Å². The highest BCUT2D eigenvalue weighted by Crippen LogP contribution is 2.30. The molecule has 1 aromatic heterocycles. The molecule has 1 N–H and O–H groups in total. The zero-order valence-corrected chi connectivity index (χ0v) is 17.4. The summed E-state index contributed by atoms with van der Waals surface area (Å²) in [6.45, 7) is 0.376. The molecule has 0 saturated heterocycles. The molecule has 0 fully saturated rings. The largest absolute Gasteiger partial charge is 0.352 e. The Morgan fingerprint density at radius 1 is 0.906 bits per heavy atom. The van der Waals surface area contributed by atoms with Crippen LogP contribution in [0.1, 0.15) is 27.0 Å². The second-order valence-electron chi connectivity index (χ2n) is 7.31. The summed E-state index contributed by atoms with van der Waals surface area (Å²) >= 11 is 0. The molecule has 5 heteroatoms. The first-order chi connectivity index (χ1) is 15.7. The average molecular weight is 416 g/mol. The molecule has 4 rings (SSSR count). The van der Waals surface area contributed by atoms with Crippen LogP contribution in [0.15, 0.2) is 78.9 Å². The van der Waals surface area contributed by atoms with Crippen LogP contribution in [0.3, 0.4) is 0 Å². The van der Waals surface area contributed by atoms with Crippen molar-refractivity contribution >= 4 is 16.8 Å². The van der Waals surface area contributed by atoms with Gasteiger partial charge < -0.3 is 5.32 Å². The van der Waals surface area contributed by atoms with E-state index in [0.29, 0.717) is 46.3 Å². The predicted molar refractivity (Wildman–Crippen MR) is 124 cm³/mol. The van der Waals surface area contributed by atoms with Crippen LogP contribution in [0, 0.1) is 22.7 Å². The molecule has 0 aliphatic rings. The van der Waals surface area contributed by atoms with Gasteiger partial charge >= 0.3 is 0 Å². The van der Waals surface area contributed by atoms with Crippen molar-refractivity contribution < 1.29 is 4.79 Å². The fraction of sp³-hybridized carbons (Fsp3) is 0.111. The van der Waals surface area contributed by atoms with E-state index in [9.17, 15) is 15.3 Å². The monoisotopic (exact) mass is 416 g/mol. The third kappa shape index (κ3) is 4.19. The smallest absolute Gasteiger partial charge is 0.252 e. The fourth-order valence-electron chi connectivity index (χ4n) is 3.84. The molecule has 0 unspecified atom stereocenters. The first-order valence-corrected chi connectivity index (χ1v) is 10.3. The van der Waals surface area contributed by atoms with Crippen LogP contribution in [0.25, 0.3) is 22.2 Å². The SMILES string of the molecule is N#CCc1c(-c2ccccc2)nc2ccccc2c1C(=O)NCCc1ccccc1C#N. The molecule has 3 aromatic carbocycles. The maximum absolute atomic E-state index is 13.4. The summed E-state index contributed by atoms with van der Waals surface area (Å²) in [6.07, 6.45) is 0.611. The number of nitrogens with zero attached hydrogens (tertiary/aromatic N) is 3. The van der Waals surface area contributed by atoms with Crippen molar-refractivity contribution in [2.75, 3.05) is 6.54 Å². The summed E-state index contributed by atoms with van der Waals surface area (Å²) in [5.41, 5.74) is 4.79. The Bertz CT molecular complexity index is 1360. The first-order valence-electron chi connectivity index (χ1n) is 10.3. The van der Waals surface area contributed by atoms with Crippen LogP contribution in [-0.2, 0) is 12.8 Å². The second-order valence-corrected chi connectivity index (χ2v) is 7.31. The maximum atomic E-state index is 13.4. The molecule has 1 heterocycles. The number of amides is 1. The number of hydrogen-bond acceptors (Lipinski definition) is 4. The number of nitrogens with one attached hydrogen (secondary N) is 1. The molecule has 0 bridgehead atoms. The molecule has 4 aromatic rings. The van der Waals surface area contributed by atoms with Crippen LogP contribution in [0.5, 0.6) is 0 Å². The van der Waals surface area contributed by atoms with Crippen LogP contribution < -0.4 is 5.32 Å². The summed E-state index contributed by atoms with van der Waals surface area (Å²) in [7, 11) is 0. The molecule has 32 heavy (non-hydrogen) atoms. The Kier molecular flexibility index (Phi) is 6.20. The van der Waals surface area contributed by atoms with Crippen molar-refractivity contribution in [1.82, 2.24) is 10.3 Å². The lowest BCUT2D eigenvalue weighted by Gasteiger charge is -2.16. The number of fused-ring (bicyclic) bond motifs is 1. The number of benzene rings is 3. The number of aromatic nitrogens is 1. The molecule has 0 atom stereocenters. The van der Waals surface area contributed by atoms with Gasteiger partial charge in [0, 0.05) is 23.1 Å². The molecule has 0 aliphatic carbocycles.